The number of nitrogens with one attached hydrogen (secondary N) is 1. The van der Waals surface area contributed by atoms with Gasteiger partial charge in [-0.1, -0.05) is 35.2 Å². The van der Waals surface area contributed by atoms with Crippen LogP contribution in [0.15, 0.2) is 23.2 Å². The lowest BCUT2D eigenvalue weighted by molar-refractivity contribution is -0.113. The van der Waals surface area contributed by atoms with Crippen LogP contribution in [0.1, 0.15) is 39.0 Å². The number of esters is 1. The van der Waals surface area contributed by atoms with E-state index in [2.05, 4.69) is 42.3 Å². The fourth-order valence-electron chi connectivity index (χ4n) is 2.84. The van der Waals surface area contributed by atoms with E-state index >= 15 is 0 Å². The molecule has 1 amide bonds. The van der Waals surface area contributed by atoms with Crippen molar-refractivity contribution in [3.63, 3.8) is 0 Å². The van der Waals surface area contributed by atoms with Crippen molar-refractivity contribution < 1.29 is 14.3 Å². The van der Waals surface area contributed by atoms with Gasteiger partial charge in [-0.15, -0.1) is 0 Å². The van der Waals surface area contributed by atoms with Crippen LogP contribution in [-0.2, 0) is 9.53 Å². The van der Waals surface area contributed by atoms with Crippen LogP contribution in [0.3, 0.4) is 0 Å². The molecule has 0 saturated heterocycles. The third-order valence-corrected chi connectivity index (χ3v) is 6.65. The van der Waals surface area contributed by atoms with Gasteiger partial charge in [0.2, 0.25) is 5.91 Å². The zero-order valence-corrected chi connectivity index (χ0v) is 18.7. The number of thiazole rings is 1. The molecule has 3 aromatic rings. The lowest BCUT2D eigenvalue weighted by atomic mass is 10.0. The molecule has 0 aliphatic carbocycles. The third kappa shape index (κ3) is 4.76. The molecular formula is C21H23N3O3S2. The maximum Gasteiger partial charge on any atom is 0.350 e. The van der Waals surface area contributed by atoms with Gasteiger partial charge in [0.25, 0.3) is 0 Å². The SMILES string of the molecule is CCOC(=O)c1sc(NC(=O)CSc2nc3c(C)c(C)ccc3cc2C)nc1C. The molecule has 8 heteroatoms. The number of pyridine rings is 1. The Morgan fingerprint density at radius 2 is 1.90 bits per heavy atom. The Kier molecular flexibility index (Phi) is 6.54. The first-order valence-electron chi connectivity index (χ1n) is 9.25. The van der Waals surface area contributed by atoms with Gasteiger partial charge in [0.05, 0.1) is 23.6 Å². The number of ether oxygens (including phenoxy) is 1. The van der Waals surface area contributed by atoms with Crippen molar-refractivity contribution in [3.05, 3.63) is 45.5 Å². The summed E-state index contributed by atoms with van der Waals surface area (Å²) in [5.74, 6) is -0.405. The molecule has 0 bridgehead atoms. The summed E-state index contributed by atoms with van der Waals surface area (Å²) in [7, 11) is 0. The molecule has 0 spiro atoms. The molecule has 0 aliphatic heterocycles. The minimum Gasteiger partial charge on any atom is -0.462 e. The zero-order valence-electron chi connectivity index (χ0n) is 17.1. The monoisotopic (exact) mass is 429 g/mol. The number of hydrogen-bond donors (Lipinski definition) is 1. The Morgan fingerprint density at radius 1 is 1.14 bits per heavy atom. The number of amides is 1. The Labute approximate surface area is 178 Å². The van der Waals surface area contributed by atoms with Crippen LogP contribution >= 0.6 is 23.1 Å². The fraction of sp³-hybridized carbons (Fsp3) is 0.333. The van der Waals surface area contributed by atoms with E-state index in [1.807, 2.05) is 6.92 Å². The molecule has 6 nitrogen and oxygen atoms in total. The minimum atomic E-state index is -0.418. The second kappa shape index (κ2) is 8.92. The summed E-state index contributed by atoms with van der Waals surface area (Å²) in [5, 5.41) is 5.09. The smallest absolute Gasteiger partial charge is 0.350 e. The highest BCUT2D eigenvalue weighted by molar-refractivity contribution is 8.00. The molecule has 0 unspecified atom stereocenters. The summed E-state index contributed by atoms with van der Waals surface area (Å²) in [4.78, 5) is 33.7. The summed E-state index contributed by atoms with van der Waals surface area (Å²) >= 11 is 2.51. The van der Waals surface area contributed by atoms with Crippen molar-refractivity contribution in [2.45, 2.75) is 39.6 Å². The second-order valence-electron chi connectivity index (χ2n) is 6.68. The molecule has 0 saturated carbocycles. The first-order chi connectivity index (χ1) is 13.8. The molecule has 0 atom stereocenters. The standard InChI is InChI=1S/C21H23N3O3S2/c1-6-27-20(26)18-14(5)22-21(29-18)23-16(25)10-28-19-12(3)9-15-8-7-11(2)13(4)17(15)24-19/h7-9H,6,10H2,1-5H3,(H,22,23,25). The van der Waals surface area contributed by atoms with Crippen LogP contribution in [0.5, 0.6) is 0 Å². The largest absolute Gasteiger partial charge is 0.462 e. The van der Waals surface area contributed by atoms with Crippen molar-refractivity contribution in [1.82, 2.24) is 9.97 Å². The van der Waals surface area contributed by atoms with E-state index in [-0.39, 0.29) is 11.7 Å². The molecule has 3 rings (SSSR count). The number of aryl methyl sites for hydroxylation is 4. The van der Waals surface area contributed by atoms with Crippen molar-refractivity contribution in [2.75, 3.05) is 17.7 Å². The van der Waals surface area contributed by atoms with Crippen LogP contribution in [0.4, 0.5) is 5.13 Å². The van der Waals surface area contributed by atoms with Crippen LogP contribution in [0, 0.1) is 27.7 Å². The summed E-state index contributed by atoms with van der Waals surface area (Å²) in [6.07, 6.45) is 0. The highest BCUT2D eigenvalue weighted by Crippen LogP contribution is 2.28. The first-order valence-corrected chi connectivity index (χ1v) is 11.0. The van der Waals surface area contributed by atoms with Crippen LogP contribution in [0.2, 0.25) is 0 Å². The molecule has 29 heavy (non-hydrogen) atoms. The Balaban J connectivity index is 1.70. The number of aromatic nitrogens is 2. The molecule has 152 valence electrons. The fourth-order valence-corrected chi connectivity index (χ4v) is 4.50. The zero-order chi connectivity index (χ0) is 21.1. The van der Waals surface area contributed by atoms with E-state index in [0.717, 1.165) is 38.4 Å². The van der Waals surface area contributed by atoms with Gasteiger partial charge in [-0.3, -0.25) is 4.79 Å². The van der Waals surface area contributed by atoms with E-state index in [1.54, 1.807) is 13.8 Å². The number of hydrogen-bond acceptors (Lipinski definition) is 7. The lowest BCUT2D eigenvalue weighted by Crippen LogP contribution is -2.14. The van der Waals surface area contributed by atoms with Crippen LogP contribution in [0.25, 0.3) is 10.9 Å². The number of benzene rings is 1. The quantitative estimate of drug-likeness (QED) is 0.446. The summed E-state index contributed by atoms with van der Waals surface area (Å²) in [6, 6.07) is 6.27. The van der Waals surface area contributed by atoms with Gasteiger partial charge in [-0.2, -0.15) is 0 Å². The lowest BCUT2D eigenvalue weighted by Gasteiger charge is -2.10. The summed E-state index contributed by atoms with van der Waals surface area (Å²) in [5.41, 5.74) is 4.90. The number of carbonyl (C=O) groups excluding carboxylic acids is 2. The number of nitrogens with zero attached hydrogens (tertiary/aromatic N) is 2. The normalized spacial score (nSPS) is 10.9. The Morgan fingerprint density at radius 3 is 2.62 bits per heavy atom. The van der Waals surface area contributed by atoms with Gasteiger partial charge in [0.1, 0.15) is 9.90 Å². The van der Waals surface area contributed by atoms with E-state index in [9.17, 15) is 9.59 Å². The van der Waals surface area contributed by atoms with Crippen molar-refractivity contribution >= 4 is 51.0 Å². The number of rotatable bonds is 6. The van der Waals surface area contributed by atoms with E-state index in [4.69, 9.17) is 9.72 Å². The molecule has 2 heterocycles. The predicted molar refractivity (Wildman–Crippen MR) is 118 cm³/mol. The van der Waals surface area contributed by atoms with E-state index in [0.29, 0.717) is 22.3 Å². The maximum atomic E-state index is 12.4. The minimum absolute atomic E-state index is 0.193. The van der Waals surface area contributed by atoms with E-state index < -0.39 is 5.97 Å². The average molecular weight is 430 g/mol. The molecule has 2 aromatic heterocycles. The van der Waals surface area contributed by atoms with Crippen LogP contribution < -0.4 is 5.32 Å². The number of carbonyl (C=O) groups is 2. The number of anilines is 1. The molecule has 0 aliphatic rings. The van der Waals surface area contributed by atoms with Gasteiger partial charge in [0.15, 0.2) is 5.13 Å². The first kappa shape index (κ1) is 21.3. The average Bonchev–Trinajstić information content (AvgIpc) is 3.04. The summed E-state index contributed by atoms with van der Waals surface area (Å²) < 4.78 is 5.01. The molecule has 1 aromatic carbocycles. The number of thioether (sulfide) groups is 1. The van der Waals surface area contributed by atoms with E-state index in [1.165, 1.54) is 17.3 Å². The highest BCUT2D eigenvalue weighted by atomic mass is 32.2. The van der Waals surface area contributed by atoms with Gasteiger partial charge in [-0.05, 0) is 57.4 Å². The second-order valence-corrected chi connectivity index (χ2v) is 8.64. The molecule has 0 fully saturated rings. The predicted octanol–water partition coefficient (Wildman–Crippen LogP) is 4.83. The van der Waals surface area contributed by atoms with Crippen molar-refractivity contribution in [2.24, 2.45) is 0 Å². The molecule has 1 N–H and O–H groups in total. The van der Waals surface area contributed by atoms with Crippen LogP contribution in [-0.4, -0.2) is 34.2 Å². The topological polar surface area (TPSA) is 81.2 Å². The Hall–Kier alpha value is -2.45. The molecular weight excluding hydrogens is 406 g/mol. The number of fused-ring (bicyclic) bond motifs is 1. The third-order valence-electron chi connectivity index (χ3n) is 4.50. The van der Waals surface area contributed by atoms with Gasteiger partial charge < -0.3 is 10.1 Å². The van der Waals surface area contributed by atoms with Crippen molar-refractivity contribution in [1.29, 1.82) is 0 Å². The molecule has 0 radical (unpaired) electrons. The van der Waals surface area contributed by atoms with Crippen molar-refractivity contribution in [3.8, 4) is 0 Å². The van der Waals surface area contributed by atoms with Gasteiger partial charge in [-0.25, -0.2) is 14.8 Å². The Bertz CT molecular complexity index is 1090. The highest BCUT2D eigenvalue weighted by Gasteiger charge is 2.18. The van der Waals surface area contributed by atoms with Gasteiger partial charge in [0, 0.05) is 5.39 Å². The maximum absolute atomic E-state index is 12.4. The summed E-state index contributed by atoms with van der Waals surface area (Å²) in [6.45, 7) is 9.90. The van der Waals surface area contributed by atoms with Gasteiger partial charge >= 0.3 is 5.97 Å².